The molecule has 0 spiro atoms. The molecule has 0 radical (unpaired) electrons. The standard InChI is InChI=1S/C14H17ClN2OS/c1-3-12(16)14(13-5-4-9(2)19-13)18-11-6-10(15)7-17-8-11/h4-8,12,14H,3,16H2,1-2H3. The minimum absolute atomic E-state index is 0.0583. The Morgan fingerprint density at radius 3 is 2.79 bits per heavy atom. The average Bonchev–Trinajstić information content (AvgIpc) is 2.81. The Morgan fingerprint density at radius 2 is 2.21 bits per heavy atom. The highest BCUT2D eigenvalue weighted by molar-refractivity contribution is 7.12. The summed E-state index contributed by atoms with van der Waals surface area (Å²) in [6.07, 6.45) is 3.92. The molecule has 5 heteroatoms. The molecule has 3 nitrogen and oxygen atoms in total. The summed E-state index contributed by atoms with van der Waals surface area (Å²) in [6.45, 7) is 4.13. The summed E-state index contributed by atoms with van der Waals surface area (Å²) >= 11 is 7.63. The molecular formula is C14H17ClN2OS. The monoisotopic (exact) mass is 296 g/mol. The zero-order chi connectivity index (χ0) is 13.8. The molecule has 19 heavy (non-hydrogen) atoms. The van der Waals surface area contributed by atoms with Crippen LogP contribution in [0.1, 0.15) is 29.2 Å². The molecule has 0 saturated heterocycles. The zero-order valence-electron chi connectivity index (χ0n) is 11.0. The molecule has 0 aliphatic rings. The van der Waals surface area contributed by atoms with Gasteiger partial charge in [-0.05, 0) is 25.5 Å². The molecule has 0 aliphatic heterocycles. The van der Waals surface area contributed by atoms with Crippen LogP contribution in [0.25, 0.3) is 0 Å². The van der Waals surface area contributed by atoms with E-state index in [0.29, 0.717) is 10.8 Å². The number of rotatable bonds is 5. The Bertz CT molecular complexity index is 544. The van der Waals surface area contributed by atoms with Gasteiger partial charge in [-0.3, -0.25) is 4.98 Å². The van der Waals surface area contributed by atoms with Gasteiger partial charge in [-0.25, -0.2) is 0 Å². The van der Waals surface area contributed by atoms with Crippen molar-refractivity contribution < 1.29 is 4.74 Å². The molecule has 2 rings (SSSR count). The predicted molar refractivity (Wildman–Crippen MR) is 79.9 cm³/mol. The van der Waals surface area contributed by atoms with Crippen LogP contribution in [0.15, 0.2) is 30.6 Å². The van der Waals surface area contributed by atoms with Gasteiger partial charge < -0.3 is 10.5 Å². The minimum Gasteiger partial charge on any atom is -0.482 e. The van der Waals surface area contributed by atoms with Gasteiger partial charge in [-0.1, -0.05) is 18.5 Å². The van der Waals surface area contributed by atoms with Gasteiger partial charge in [-0.2, -0.15) is 0 Å². The average molecular weight is 297 g/mol. The fourth-order valence-electron chi connectivity index (χ4n) is 1.78. The highest BCUT2D eigenvalue weighted by Gasteiger charge is 2.22. The summed E-state index contributed by atoms with van der Waals surface area (Å²) in [6, 6.07) is 5.84. The Hall–Kier alpha value is -1.10. The third-order valence-corrected chi connectivity index (χ3v) is 4.11. The van der Waals surface area contributed by atoms with Crippen molar-refractivity contribution in [2.45, 2.75) is 32.4 Å². The van der Waals surface area contributed by atoms with Crippen LogP contribution in [-0.2, 0) is 0 Å². The highest BCUT2D eigenvalue weighted by Crippen LogP contribution is 2.30. The van der Waals surface area contributed by atoms with Gasteiger partial charge >= 0.3 is 0 Å². The fraction of sp³-hybridized carbons (Fsp3) is 0.357. The molecule has 0 amide bonds. The van der Waals surface area contributed by atoms with Crippen LogP contribution >= 0.6 is 22.9 Å². The van der Waals surface area contributed by atoms with Crippen molar-refractivity contribution in [3.63, 3.8) is 0 Å². The fourth-order valence-corrected chi connectivity index (χ4v) is 2.93. The van der Waals surface area contributed by atoms with Crippen molar-refractivity contribution in [3.05, 3.63) is 45.4 Å². The smallest absolute Gasteiger partial charge is 0.148 e. The van der Waals surface area contributed by atoms with Crippen LogP contribution in [0.2, 0.25) is 5.02 Å². The normalized spacial score (nSPS) is 14.1. The molecule has 2 unspecified atom stereocenters. The van der Waals surface area contributed by atoms with Crippen molar-refractivity contribution in [3.8, 4) is 5.75 Å². The van der Waals surface area contributed by atoms with Gasteiger partial charge in [0.1, 0.15) is 11.9 Å². The van der Waals surface area contributed by atoms with E-state index in [1.165, 1.54) is 4.88 Å². The van der Waals surface area contributed by atoms with E-state index in [2.05, 4.69) is 31.0 Å². The van der Waals surface area contributed by atoms with Gasteiger partial charge in [-0.15, -0.1) is 11.3 Å². The number of thiophene rings is 1. The Balaban J connectivity index is 2.24. The van der Waals surface area contributed by atoms with E-state index in [0.717, 1.165) is 11.3 Å². The molecule has 0 fully saturated rings. The SMILES string of the molecule is CCC(N)C(Oc1cncc(Cl)c1)c1ccc(C)s1. The van der Waals surface area contributed by atoms with Crippen molar-refractivity contribution >= 4 is 22.9 Å². The maximum Gasteiger partial charge on any atom is 0.148 e. The lowest BCUT2D eigenvalue weighted by atomic mass is 10.1. The van der Waals surface area contributed by atoms with E-state index >= 15 is 0 Å². The van der Waals surface area contributed by atoms with Gasteiger partial charge in [0.2, 0.25) is 0 Å². The van der Waals surface area contributed by atoms with E-state index in [-0.39, 0.29) is 12.1 Å². The summed E-state index contributed by atoms with van der Waals surface area (Å²) in [5.74, 6) is 0.646. The summed E-state index contributed by atoms with van der Waals surface area (Å²) in [7, 11) is 0. The summed E-state index contributed by atoms with van der Waals surface area (Å²) in [5.41, 5.74) is 6.17. The number of hydrogen-bond acceptors (Lipinski definition) is 4. The van der Waals surface area contributed by atoms with Crippen molar-refractivity contribution in [2.24, 2.45) is 5.73 Å². The first-order valence-corrected chi connectivity index (χ1v) is 7.38. The van der Waals surface area contributed by atoms with Crippen molar-refractivity contribution in [2.75, 3.05) is 0 Å². The second-order valence-electron chi connectivity index (χ2n) is 4.40. The summed E-state index contributed by atoms with van der Waals surface area (Å²) < 4.78 is 5.99. The molecule has 2 atom stereocenters. The third kappa shape index (κ3) is 3.69. The Morgan fingerprint density at radius 1 is 1.42 bits per heavy atom. The third-order valence-electron chi connectivity index (χ3n) is 2.84. The van der Waals surface area contributed by atoms with E-state index in [9.17, 15) is 0 Å². The molecular weight excluding hydrogens is 280 g/mol. The van der Waals surface area contributed by atoms with Crippen LogP contribution < -0.4 is 10.5 Å². The first kappa shape index (κ1) is 14.3. The predicted octanol–water partition coefficient (Wildman–Crippen LogP) is 3.96. The topological polar surface area (TPSA) is 48.1 Å². The number of ether oxygens (including phenoxy) is 1. The number of hydrogen-bond donors (Lipinski definition) is 1. The number of pyridine rings is 1. The first-order chi connectivity index (χ1) is 9.10. The van der Waals surface area contributed by atoms with Crippen LogP contribution in [0.4, 0.5) is 0 Å². The minimum atomic E-state index is -0.163. The molecule has 0 saturated carbocycles. The van der Waals surface area contributed by atoms with E-state index in [1.807, 2.05) is 0 Å². The quantitative estimate of drug-likeness (QED) is 0.908. The van der Waals surface area contributed by atoms with E-state index in [4.69, 9.17) is 22.1 Å². The maximum atomic E-state index is 6.17. The van der Waals surface area contributed by atoms with Crippen molar-refractivity contribution in [1.29, 1.82) is 0 Å². The van der Waals surface area contributed by atoms with Gasteiger partial charge in [0.15, 0.2) is 0 Å². The second-order valence-corrected chi connectivity index (χ2v) is 6.15. The Kier molecular flexibility index (Phi) is 4.80. The molecule has 2 N–H and O–H groups in total. The largest absolute Gasteiger partial charge is 0.482 e. The molecule has 0 bridgehead atoms. The van der Waals surface area contributed by atoms with Crippen LogP contribution in [-0.4, -0.2) is 11.0 Å². The van der Waals surface area contributed by atoms with E-state index in [1.54, 1.807) is 29.8 Å². The van der Waals surface area contributed by atoms with E-state index < -0.39 is 0 Å². The first-order valence-electron chi connectivity index (χ1n) is 6.19. The van der Waals surface area contributed by atoms with Crippen LogP contribution in [0, 0.1) is 6.92 Å². The summed E-state index contributed by atoms with van der Waals surface area (Å²) in [4.78, 5) is 6.40. The van der Waals surface area contributed by atoms with Crippen LogP contribution in [0.3, 0.4) is 0 Å². The number of aryl methyl sites for hydroxylation is 1. The molecule has 102 valence electrons. The molecule has 2 aromatic heterocycles. The number of nitrogens with two attached hydrogens (primary N) is 1. The molecule has 0 aromatic carbocycles. The number of aromatic nitrogens is 1. The Labute approximate surface area is 122 Å². The lowest BCUT2D eigenvalue weighted by molar-refractivity contribution is 0.174. The molecule has 0 aliphatic carbocycles. The maximum absolute atomic E-state index is 6.17. The van der Waals surface area contributed by atoms with Gasteiger partial charge in [0, 0.05) is 28.1 Å². The lowest BCUT2D eigenvalue weighted by Gasteiger charge is -2.23. The number of nitrogens with zero attached hydrogens (tertiary/aromatic N) is 1. The lowest BCUT2D eigenvalue weighted by Crippen LogP contribution is -2.30. The van der Waals surface area contributed by atoms with Gasteiger partial charge in [0.05, 0.1) is 11.2 Å². The van der Waals surface area contributed by atoms with Crippen LogP contribution in [0.5, 0.6) is 5.75 Å². The number of halogens is 1. The second kappa shape index (κ2) is 6.37. The molecule has 2 heterocycles. The zero-order valence-corrected chi connectivity index (χ0v) is 12.5. The van der Waals surface area contributed by atoms with Gasteiger partial charge in [0.25, 0.3) is 0 Å². The molecule has 2 aromatic rings. The highest BCUT2D eigenvalue weighted by atomic mass is 35.5. The summed E-state index contributed by atoms with van der Waals surface area (Å²) in [5, 5.41) is 0.559. The van der Waals surface area contributed by atoms with Crippen molar-refractivity contribution in [1.82, 2.24) is 4.98 Å².